The van der Waals surface area contributed by atoms with Crippen LogP contribution in [0.2, 0.25) is 0 Å². The van der Waals surface area contributed by atoms with E-state index in [1.165, 1.54) is 24.8 Å². The van der Waals surface area contributed by atoms with Crippen LogP contribution in [-0.2, 0) is 4.79 Å². The molecule has 0 aromatic carbocycles. The van der Waals surface area contributed by atoms with Crippen LogP contribution in [0.25, 0.3) is 0 Å². The molecule has 2 saturated carbocycles. The minimum atomic E-state index is -0.620. The normalized spacial score (nSPS) is 25.4. The van der Waals surface area contributed by atoms with E-state index < -0.39 is 11.4 Å². The highest BCUT2D eigenvalue weighted by Crippen LogP contribution is 2.49. The summed E-state index contributed by atoms with van der Waals surface area (Å²) in [4.78, 5) is 10.9. The van der Waals surface area contributed by atoms with Gasteiger partial charge in [0.25, 0.3) is 0 Å². The van der Waals surface area contributed by atoms with Crippen molar-refractivity contribution >= 4 is 5.97 Å². The number of carbonyl (C=O) groups is 1. The van der Waals surface area contributed by atoms with Gasteiger partial charge in [-0.25, -0.2) is 0 Å². The van der Waals surface area contributed by atoms with E-state index in [2.05, 4.69) is 6.08 Å². The number of allylic oxidation sites excluding steroid dienone is 1. The standard InChI is InChI=1S/C11H16O2/c12-10(13)11(6-7-11)8-9-4-2-1-3-5-9/h8H,1-7H2,(H,12,13). The third kappa shape index (κ3) is 1.77. The van der Waals surface area contributed by atoms with Gasteiger partial charge in [0.05, 0.1) is 5.41 Å². The number of carboxylic acids is 1. The maximum atomic E-state index is 10.9. The third-order valence-electron chi connectivity index (χ3n) is 3.19. The van der Waals surface area contributed by atoms with Crippen LogP contribution in [0, 0.1) is 5.41 Å². The number of aliphatic carboxylic acids is 1. The van der Waals surface area contributed by atoms with Crippen molar-refractivity contribution in [2.45, 2.75) is 44.9 Å². The summed E-state index contributed by atoms with van der Waals surface area (Å²) in [6.45, 7) is 0. The van der Waals surface area contributed by atoms with E-state index >= 15 is 0 Å². The molecule has 2 heteroatoms. The maximum absolute atomic E-state index is 10.9. The number of rotatable bonds is 2. The van der Waals surface area contributed by atoms with Crippen molar-refractivity contribution < 1.29 is 9.90 Å². The lowest BCUT2D eigenvalue weighted by Crippen LogP contribution is -2.13. The lowest BCUT2D eigenvalue weighted by atomic mass is 9.91. The van der Waals surface area contributed by atoms with Crippen molar-refractivity contribution in [1.29, 1.82) is 0 Å². The second-order valence-corrected chi connectivity index (χ2v) is 4.32. The molecule has 0 radical (unpaired) electrons. The molecule has 0 amide bonds. The summed E-state index contributed by atoms with van der Waals surface area (Å²) in [6, 6.07) is 0. The first-order chi connectivity index (χ1) is 6.23. The van der Waals surface area contributed by atoms with Gasteiger partial charge < -0.3 is 5.11 Å². The fourth-order valence-electron chi connectivity index (χ4n) is 2.10. The van der Waals surface area contributed by atoms with Gasteiger partial charge in [0, 0.05) is 0 Å². The first-order valence-electron chi connectivity index (χ1n) is 5.17. The second-order valence-electron chi connectivity index (χ2n) is 4.32. The van der Waals surface area contributed by atoms with Gasteiger partial charge in [-0.05, 0) is 38.5 Å². The molecule has 0 heterocycles. The van der Waals surface area contributed by atoms with Gasteiger partial charge in [-0.1, -0.05) is 18.1 Å². The Balaban J connectivity index is 2.05. The molecular formula is C11H16O2. The monoisotopic (exact) mass is 180 g/mol. The molecule has 1 N–H and O–H groups in total. The Morgan fingerprint density at radius 3 is 2.31 bits per heavy atom. The van der Waals surface area contributed by atoms with Crippen molar-refractivity contribution in [2.24, 2.45) is 5.41 Å². The van der Waals surface area contributed by atoms with Crippen molar-refractivity contribution in [3.8, 4) is 0 Å². The predicted molar refractivity (Wildman–Crippen MR) is 50.5 cm³/mol. The quantitative estimate of drug-likeness (QED) is 0.663. The highest BCUT2D eigenvalue weighted by molar-refractivity contribution is 5.80. The molecule has 72 valence electrons. The fourth-order valence-corrected chi connectivity index (χ4v) is 2.10. The predicted octanol–water partition coefficient (Wildman–Crippen LogP) is 2.74. The second kappa shape index (κ2) is 3.17. The molecule has 0 aromatic heterocycles. The molecule has 0 atom stereocenters. The van der Waals surface area contributed by atoms with Crippen molar-refractivity contribution in [3.05, 3.63) is 11.6 Å². The van der Waals surface area contributed by atoms with Crippen LogP contribution in [0.5, 0.6) is 0 Å². The summed E-state index contributed by atoms with van der Waals surface area (Å²) in [5, 5.41) is 8.99. The summed E-state index contributed by atoms with van der Waals surface area (Å²) >= 11 is 0. The SMILES string of the molecule is O=C(O)C1(C=C2CCCCC2)CC1. The summed E-state index contributed by atoms with van der Waals surface area (Å²) < 4.78 is 0. The van der Waals surface area contributed by atoms with Gasteiger partial charge in [0.15, 0.2) is 0 Å². The van der Waals surface area contributed by atoms with Crippen molar-refractivity contribution in [3.63, 3.8) is 0 Å². The highest BCUT2D eigenvalue weighted by atomic mass is 16.4. The minimum absolute atomic E-state index is 0.438. The van der Waals surface area contributed by atoms with Crippen LogP contribution in [-0.4, -0.2) is 11.1 Å². The third-order valence-corrected chi connectivity index (χ3v) is 3.19. The van der Waals surface area contributed by atoms with E-state index in [9.17, 15) is 4.79 Å². The lowest BCUT2D eigenvalue weighted by molar-refractivity contribution is -0.141. The van der Waals surface area contributed by atoms with Crippen LogP contribution in [0.4, 0.5) is 0 Å². The van der Waals surface area contributed by atoms with Crippen LogP contribution in [0.1, 0.15) is 44.9 Å². The van der Waals surface area contributed by atoms with Gasteiger partial charge in [0.1, 0.15) is 0 Å². The summed E-state index contributed by atoms with van der Waals surface area (Å²) in [7, 11) is 0. The Labute approximate surface area is 78.6 Å². The van der Waals surface area contributed by atoms with Crippen molar-refractivity contribution in [1.82, 2.24) is 0 Å². The number of carboxylic acid groups (broad SMARTS) is 1. The first-order valence-corrected chi connectivity index (χ1v) is 5.17. The van der Waals surface area contributed by atoms with E-state index in [1.807, 2.05) is 0 Å². The molecule has 0 aromatic rings. The Bertz CT molecular complexity index is 241. The molecule has 0 bridgehead atoms. The molecule has 0 aliphatic heterocycles. The minimum Gasteiger partial charge on any atom is -0.481 e. The molecule has 13 heavy (non-hydrogen) atoms. The summed E-state index contributed by atoms with van der Waals surface area (Å²) in [5.74, 6) is -0.620. The average molecular weight is 180 g/mol. The Morgan fingerprint density at radius 1 is 1.23 bits per heavy atom. The Kier molecular flexibility index (Phi) is 2.14. The number of hydrogen-bond donors (Lipinski definition) is 1. The Hall–Kier alpha value is -0.790. The van der Waals surface area contributed by atoms with Gasteiger partial charge in [0.2, 0.25) is 0 Å². The van der Waals surface area contributed by atoms with Crippen LogP contribution >= 0.6 is 0 Å². The molecule has 0 spiro atoms. The molecule has 2 nitrogen and oxygen atoms in total. The zero-order valence-electron chi connectivity index (χ0n) is 7.88. The molecule has 2 rings (SSSR count). The van der Waals surface area contributed by atoms with E-state index in [0.717, 1.165) is 25.7 Å². The lowest BCUT2D eigenvalue weighted by Gasteiger charge is -2.15. The topological polar surface area (TPSA) is 37.3 Å². The molecule has 0 unspecified atom stereocenters. The van der Waals surface area contributed by atoms with Crippen LogP contribution < -0.4 is 0 Å². The highest BCUT2D eigenvalue weighted by Gasteiger charge is 2.48. The molecule has 2 aliphatic rings. The first kappa shape index (κ1) is 8.79. The van der Waals surface area contributed by atoms with Crippen LogP contribution in [0.15, 0.2) is 11.6 Å². The molecule has 2 fully saturated rings. The molecule has 0 saturated heterocycles. The molecule has 2 aliphatic carbocycles. The summed E-state index contributed by atoms with van der Waals surface area (Å²) in [6.07, 6.45) is 9.84. The zero-order valence-corrected chi connectivity index (χ0v) is 7.88. The van der Waals surface area contributed by atoms with E-state index in [1.54, 1.807) is 0 Å². The van der Waals surface area contributed by atoms with Gasteiger partial charge >= 0.3 is 5.97 Å². The van der Waals surface area contributed by atoms with Gasteiger partial charge in [-0.2, -0.15) is 0 Å². The van der Waals surface area contributed by atoms with Gasteiger partial charge in [-0.3, -0.25) is 4.79 Å². The van der Waals surface area contributed by atoms with Crippen LogP contribution in [0.3, 0.4) is 0 Å². The Morgan fingerprint density at radius 2 is 1.85 bits per heavy atom. The van der Waals surface area contributed by atoms with E-state index in [-0.39, 0.29) is 0 Å². The molecular weight excluding hydrogens is 164 g/mol. The smallest absolute Gasteiger partial charge is 0.313 e. The zero-order chi connectivity index (χ0) is 9.31. The number of hydrogen-bond acceptors (Lipinski definition) is 1. The maximum Gasteiger partial charge on any atom is 0.313 e. The van der Waals surface area contributed by atoms with Gasteiger partial charge in [-0.15, -0.1) is 0 Å². The van der Waals surface area contributed by atoms with Crippen molar-refractivity contribution in [2.75, 3.05) is 0 Å². The van der Waals surface area contributed by atoms with E-state index in [0.29, 0.717) is 0 Å². The average Bonchev–Trinajstić information content (AvgIpc) is 2.87. The largest absolute Gasteiger partial charge is 0.481 e. The fraction of sp³-hybridized carbons (Fsp3) is 0.727. The van der Waals surface area contributed by atoms with E-state index in [4.69, 9.17) is 5.11 Å². The summed E-state index contributed by atoms with van der Waals surface area (Å²) in [5.41, 5.74) is 0.957.